The van der Waals surface area contributed by atoms with Gasteiger partial charge in [0.15, 0.2) is 0 Å². The summed E-state index contributed by atoms with van der Waals surface area (Å²) < 4.78 is 0. The molecule has 0 radical (unpaired) electrons. The van der Waals surface area contributed by atoms with E-state index in [4.69, 9.17) is 0 Å². The van der Waals surface area contributed by atoms with Gasteiger partial charge in [0.25, 0.3) is 0 Å². The molecule has 2 fully saturated rings. The van der Waals surface area contributed by atoms with E-state index in [1.807, 2.05) is 6.07 Å². The molecule has 0 aromatic heterocycles. The highest BCUT2D eigenvalue weighted by Gasteiger charge is 2.48. The van der Waals surface area contributed by atoms with Crippen LogP contribution >= 0.6 is 0 Å². The molecule has 2 nitrogen and oxygen atoms in total. The minimum absolute atomic E-state index is 0.323. The quantitative estimate of drug-likeness (QED) is 0.792. The van der Waals surface area contributed by atoms with Crippen molar-refractivity contribution in [2.45, 2.75) is 52.1 Å². The Labute approximate surface area is 115 Å². The number of rotatable bonds is 2. The summed E-state index contributed by atoms with van der Waals surface area (Å²) in [6.45, 7) is 5.46. The Morgan fingerprint density at radius 3 is 2.74 bits per heavy atom. The van der Waals surface area contributed by atoms with Crippen LogP contribution in [0.15, 0.2) is 30.3 Å². The summed E-state index contributed by atoms with van der Waals surface area (Å²) in [7, 11) is 0. The van der Waals surface area contributed by atoms with Gasteiger partial charge in [0, 0.05) is 19.0 Å². The number of hydrogen-bond acceptors (Lipinski definition) is 1. The lowest BCUT2D eigenvalue weighted by Gasteiger charge is -2.42. The zero-order valence-corrected chi connectivity index (χ0v) is 11.9. The molecule has 1 saturated heterocycles. The predicted octanol–water partition coefficient (Wildman–Crippen LogP) is 3.61. The molecule has 2 heteroatoms. The van der Waals surface area contributed by atoms with Crippen molar-refractivity contribution in [1.29, 1.82) is 0 Å². The number of carbonyl (C=O) groups excluding carboxylic acids is 1. The molecule has 19 heavy (non-hydrogen) atoms. The largest absolute Gasteiger partial charge is 0.335 e. The van der Waals surface area contributed by atoms with Gasteiger partial charge in [0.2, 0.25) is 5.91 Å². The predicted molar refractivity (Wildman–Crippen MR) is 76.5 cm³/mol. The second kappa shape index (κ2) is 4.66. The molecular formula is C17H23NO. The molecule has 1 aliphatic carbocycles. The molecule has 2 atom stereocenters. The maximum atomic E-state index is 12.4. The minimum atomic E-state index is 0.323. The Morgan fingerprint density at radius 2 is 2.00 bits per heavy atom. The average Bonchev–Trinajstić information content (AvgIpc) is 2.70. The van der Waals surface area contributed by atoms with Crippen LogP contribution in [-0.2, 0) is 11.3 Å². The van der Waals surface area contributed by atoms with Gasteiger partial charge in [-0.3, -0.25) is 4.79 Å². The van der Waals surface area contributed by atoms with Crippen LogP contribution in [0.5, 0.6) is 0 Å². The fourth-order valence-electron chi connectivity index (χ4n) is 3.94. The first-order valence-corrected chi connectivity index (χ1v) is 7.41. The van der Waals surface area contributed by atoms with Crippen LogP contribution in [0.4, 0.5) is 0 Å². The fraction of sp³-hybridized carbons (Fsp3) is 0.588. The van der Waals surface area contributed by atoms with E-state index in [9.17, 15) is 4.79 Å². The number of fused-ring (bicyclic) bond motifs is 1. The lowest BCUT2D eigenvalue weighted by atomic mass is 9.66. The van der Waals surface area contributed by atoms with E-state index in [1.54, 1.807) is 0 Å². The smallest absolute Gasteiger partial charge is 0.223 e. The van der Waals surface area contributed by atoms with E-state index in [2.05, 4.69) is 43.0 Å². The Morgan fingerprint density at radius 1 is 1.26 bits per heavy atom. The van der Waals surface area contributed by atoms with E-state index in [-0.39, 0.29) is 0 Å². The van der Waals surface area contributed by atoms with Gasteiger partial charge in [0.1, 0.15) is 0 Å². The van der Waals surface area contributed by atoms with Crippen LogP contribution < -0.4 is 0 Å². The molecule has 0 unspecified atom stereocenters. The van der Waals surface area contributed by atoms with E-state index >= 15 is 0 Å². The molecule has 0 spiro atoms. The summed E-state index contributed by atoms with van der Waals surface area (Å²) in [4.78, 5) is 14.5. The molecular weight excluding hydrogens is 234 g/mol. The molecule has 1 amide bonds. The van der Waals surface area contributed by atoms with Gasteiger partial charge in [-0.1, -0.05) is 50.6 Å². The van der Waals surface area contributed by atoms with Crippen molar-refractivity contribution in [1.82, 2.24) is 4.90 Å². The van der Waals surface area contributed by atoms with Crippen LogP contribution in [0, 0.1) is 11.3 Å². The zero-order valence-electron chi connectivity index (χ0n) is 11.9. The molecule has 3 rings (SSSR count). The molecule has 1 aromatic rings. The summed E-state index contributed by atoms with van der Waals surface area (Å²) in [5.74, 6) is 0.909. The van der Waals surface area contributed by atoms with Crippen LogP contribution in [0.1, 0.15) is 45.1 Å². The van der Waals surface area contributed by atoms with Gasteiger partial charge in [0.05, 0.1) is 0 Å². The Hall–Kier alpha value is -1.31. The zero-order chi connectivity index (χ0) is 13.5. The molecule has 2 aliphatic rings. The van der Waals surface area contributed by atoms with Crippen molar-refractivity contribution in [2.24, 2.45) is 11.3 Å². The molecule has 1 aliphatic heterocycles. The van der Waals surface area contributed by atoms with Crippen molar-refractivity contribution in [3.8, 4) is 0 Å². The van der Waals surface area contributed by atoms with Crippen molar-refractivity contribution >= 4 is 5.91 Å². The summed E-state index contributed by atoms with van der Waals surface area (Å²) in [5, 5.41) is 0. The first kappa shape index (κ1) is 12.7. The van der Waals surface area contributed by atoms with Crippen LogP contribution in [0.25, 0.3) is 0 Å². The minimum Gasteiger partial charge on any atom is -0.335 e. The maximum Gasteiger partial charge on any atom is 0.223 e. The number of hydrogen-bond donors (Lipinski definition) is 0. The summed E-state index contributed by atoms with van der Waals surface area (Å²) in [6, 6.07) is 10.8. The van der Waals surface area contributed by atoms with Crippen molar-refractivity contribution in [3.63, 3.8) is 0 Å². The Balaban J connectivity index is 1.81. The second-order valence-electron chi connectivity index (χ2n) is 6.77. The molecule has 1 aromatic carbocycles. The summed E-state index contributed by atoms with van der Waals surface area (Å²) in [5.41, 5.74) is 1.57. The number of benzene rings is 1. The van der Waals surface area contributed by atoms with Gasteiger partial charge in [-0.15, -0.1) is 0 Å². The normalized spacial score (nSPS) is 29.4. The molecule has 1 heterocycles. The average molecular weight is 257 g/mol. The van der Waals surface area contributed by atoms with Gasteiger partial charge >= 0.3 is 0 Å². The molecule has 102 valence electrons. The van der Waals surface area contributed by atoms with Crippen molar-refractivity contribution < 1.29 is 4.79 Å². The van der Waals surface area contributed by atoms with Crippen LogP contribution in [0.3, 0.4) is 0 Å². The van der Waals surface area contributed by atoms with Crippen LogP contribution in [0.2, 0.25) is 0 Å². The number of amides is 1. The lowest BCUT2D eigenvalue weighted by molar-refractivity contribution is -0.129. The third-order valence-electron chi connectivity index (χ3n) is 5.10. The first-order chi connectivity index (χ1) is 9.08. The highest BCUT2D eigenvalue weighted by molar-refractivity contribution is 5.79. The van der Waals surface area contributed by atoms with Crippen molar-refractivity contribution in [3.05, 3.63) is 35.9 Å². The Bertz CT molecular complexity index is 465. The topological polar surface area (TPSA) is 20.3 Å². The van der Waals surface area contributed by atoms with E-state index in [0.29, 0.717) is 23.3 Å². The van der Waals surface area contributed by atoms with Gasteiger partial charge in [-0.2, -0.15) is 0 Å². The van der Waals surface area contributed by atoms with Gasteiger partial charge in [-0.05, 0) is 29.7 Å². The van der Waals surface area contributed by atoms with E-state index < -0.39 is 0 Å². The highest BCUT2D eigenvalue weighted by Crippen LogP contribution is 2.48. The van der Waals surface area contributed by atoms with E-state index in [1.165, 1.54) is 24.8 Å². The van der Waals surface area contributed by atoms with Gasteiger partial charge < -0.3 is 4.90 Å². The van der Waals surface area contributed by atoms with Crippen molar-refractivity contribution in [2.75, 3.05) is 0 Å². The number of carbonyl (C=O) groups is 1. The van der Waals surface area contributed by atoms with Crippen LogP contribution in [-0.4, -0.2) is 16.8 Å². The standard InChI is InChI=1S/C17H23NO/c1-17(2)10-6-9-15-14(17)11-16(19)18(15)12-13-7-4-3-5-8-13/h3-5,7-8,14-15H,6,9-12H2,1-2H3/t14-,15-/m0/s1. The Kier molecular flexibility index (Phi) is 3.12. The monoisotopic (exact) mass is 257 g/mol. The lowest BCUT2D eigenvalue weighted by Crippen LogP contribution is -2.42. The van der Waals surface area contributed by atoms with E-state index in [0.717, 1.165) is 13.0 Å². The van der Waals surface area contributed by atoms with Gasteiger partial charge in [-0.25, -0.2) is 0 Å². The molecule has 1 saturated carbocycles. The maximum absolute atomic E-state index is 12.4. The number of nitrogens with zero attached hydrogens (tertiary/aromatic N) is 1. The fourth-order valence-corrected chi connectivity index (χ4v) is 3.94. The SMILES string of the molecule is CC1(C)CCC[C@H]2[C@@H]1CC(=O)N2Cc1ccccc1. The molecule has 0 bridgehead atoms. The third-order valence-corrected chi connectivity index (χ3v) is 5.10. The second-order valence-corrected chi connectivity index (χ2v) is 6.77. The number of likely N-dealkylation sites (tertiary alicyclic amines) is 1. The summed E-state index contributed by atoms with van der Waals surface area (Å²) in [6.07, 6.45) is 4.46. The summed E-state index contributed by atoms with van der Waals surface area (Å²) >= 11 is 0. The third kappa shape index (κ3) is 2.29. The highest BCUT2D eigenvalue weighted by atomic mass is 16.2. The first-order valence-electron chi connectivity index (χ1n) is 7.41. The molecule has 0 N–H and O–H groups in total.